The van der Waals surface area contributed by atoms with Gasteiger partial charge < -0.3 is 20.7 Å². The SMILES string of the molecule is CCc1ccc(OCC(=O)N[C@H](NC(=S)Nc2ccccc2)C(Cl)(Cl)Cl)cc1. The summed E-state index contributed by atoms with van der Waals surface area (Å²) in [7, 11) is 0. The zero-order valence-electron chi connectivity index (χ0n) is 15.0. The Hall–Kier alpha value is -1.73. The lowest BCUT2D eigenvalue weighted by atomic mass is 10.2. The number of hydrogen-bond donors (Lipinski definition) is 3. The van der Waals surface area contributed by atoms with Crippen LogP contribution in [0.25, 0.3) is 0 Å². The maximum Gasteiger partial charge on any atom is 0.259 e. The molecule has 9 heteroatoms. The molecule has 0 aliphatic carbocycles. The highest BCUT2D eigenvalue weighted by Crippen LogP contribution is 2.29. The van der Waals surface area contributed by atoms with Crippen LogP contribution in [-0.4, -0.2) is 27.6 Å². The van der Waals surface area contributed by atoms with Crippen LogP contribution < -0.4 is 20.7 Å². The highest BCUT2D eigenvalue weighted by Gasteiger charge is 2.34. The number of hydrogen-bond acceptors (Lipinski definition) is 3. The predicted molar refractivity (Wildman–Crippen MR) is 119 cm³/mol. The summed E-state index contributed by atoms with van der Waals surface area (Å²) in [5.41, 5.74) is 1.94. The lowest BCUT2D eigenvalue weighted by molar-refractivity contribution is -0.123. The molecule has 0 radical (unpaired) electrons. The maximum atomic E-state index is 12.2. The number of carbonyl (C=O) groups is 1. The van der Waals surface area contributed by atoms with Crippen molar-refractivity contribution in [2.75, 3.05) is 11.9 Å². The summed E-state index contributed by atoms with van der Waals surface area (Å²) in [6.07, 6.45) is -0.131. The first-order chi connectivity index (χ1) is 13.3. The molecule has 0 spiro atoms. The number of alkyl halides is 3. The minimum absolute atomic E-state index is 0.193. The van der Waals surface area contributed by atoms with E-state index < -0.39 is 15.9 Å². The van der Waals surface area contributed by atoms with E-state index in [0.29, 0.717) is 5.75 Å². The summed E-state index contributed by atoms with van der Waals surface area (Å²) in [4.78, 5) is 12.2. The zero-order chi connectivity index (χ0) is 20.6. The van der Waals surface area contributed by atoms with Gasteiger partial charge in [-0.1, -0.05) is 72.1 Å². The van der Waals surface area contributed by atoms with Gasteiger partial charge in [-0.2, -0.15) is 0 Å². The van der Waals surface area contributed by atoms with Crippen molar-refractivity contribution in [1.82, 2.24) is 10.6 Å². The Kier molecular flexibility index (Phi) is 8.63. The number of anilines is 1. The van der Waals surface area contributed by atoms with Crippen LogP contribution in [0.2, 0.25) is 0 Å². The van der Waals surface area contributed by atoms with Crippen LogP contribution >= 0.6 is 47.0 Å². The van der Waals surface area contributed by atoms with Gasteiger partial charge >= 0.3 is 0 Å². The molecule has 2 rings (SSSR count). The number of halogens is 3. The molecule has 2 aromatic rings. The van der Waals surface area contributed by atoms with Crippen molar-refractivity contribution in [3.63, 3.8) is 0 Å². The maximum absolute atomic E-state index is 12.2. The van der Waals surface area contributed by atoms with Gasteiger partial charge in [-0.3, -0.25) is 4.79 Å². The molecule has 0 saturated heterocycles. The number of aryl methyl sites for hydroxylation is 1. The predicted octanol–water partition coefficient (Wildman–Crippen LogP) is 4.43. The Labute approximate surface area is 184 Å². The number of rotatable bonds is 7. The number of thiocarbonyl (C=S) groups is 1. The third-order valence-electron chi connectivity index (χ3n) is 3.64. The van der Waals surface area contributed by atoms with E-state index >= 15 is 0 Å². The molecule has 0 unspecified atom stereocenters. The first-order valence-corrected chi connectivity index (χ1v) is 10.0. The van der Waals surface area contributed by atoms with Crippen LogP contribution in [-0.2, 0) is 11.2 Å². The van der Waals surface area contributed by atoms with E-state index in [-0.39, 0.29) is 11.7 Å². The largest absolute Gasteiger partial charge is 0.484 e. The third-order valence-corrected chi connectivity index (χ3v) is 4.52. The standard InChI is InChI=1S/C19H20Cl3N3O2S/c1-2-13-8-10-15(11-9-13)27-12-16(26)24-17(19(20,21)22)25-18(28)23-14-6-4-3-5-7-14/h3-11,17H,2,12H2,1H3,(H,24,26)(H2,23,25,28)/t17-/m1/s1. The molecule has 0 aliphatic heterocycles. The Morgan fingerprint density at radius 2 is 1.71 bits per heavy atom. The van der Waals surface area contributed by atoms with Gasteiger partial charge in [0.05, 0.1) is 0 Å². The molecule has 0 fully saturated rings. The first-order valence-electron chi connectivity index (χ1n) is 8.48. The van der Waals surface area contributed by atoms with Crippen molar-refractivity contribution in [3.05, 3.63) is 60.2 Å². The van der Waals surface area contributed by atoms with Crippen LogP contribution in [0, 0.1) is 0 Å². The fourth-order valence-corrected chi connectivity index (χ4v) is 2.76. The number of amides is 1. The molecule has 1 atom stereocenters. The van der Waals surface area contributed by atoms with E-state index in [1.807, 2.05) is 42.5 Å². The van der Waals surface area contributed by atoms with Crippen molar-refractivity contribution in [2.45, 2.75) is 23.3 Å². The van der Waals surface area contributed by atoms with E-state index in [1.165, 1.54) is 5.56 Å². The van der Waals surface area contributed by atoms with Gasteiger partial charge in [-0.05, 0) is 48.5 Å². The Morgan fingerprint density at radius 3 is 2.29 bits per heavy atom. The Morgan fingerprint density at radius 1 is 1.07 bits per heavy atom. The third kappa shape index (κ3) is 7.72. The Balaban J connectivity index is 1.89. The summed E-state index contributed by atoms with van der Waals surface area (Å²) in [5.74, 6) is 0.109. The first kappa shape index (κ1) is 22.6. The summed E-state index contributed by atoms with van der Waals surface area (Å²) >= 11 is 23.1. The van der Waals surface area contributed by atoms with Gasteiger partial charge in [0.1, 0.15) is 11.9 Å². The number of benzene rings is 2. The van der Waals surface area contributed by atoms with Crippen LogP contribution in [0.15, 0.2) is 54.6 Å². The van der Waals surface area contributed by atoms with Gasteiger partial charge in [-0.25, -0.2) is 0 Å². The van der Waals surface area contributed by atoms with E-state index in [9.17, 15) is 4.79 Å². The Bertz CT molecular complexity index is 783. The molecular weight excluding hydrogens is 441 g/mol. The molecular formula is C19H20Cl3N3O2S. The van der Waals surface area contributed by atoms with Gasteiger partial charge in [0.25, 0.3) is 5.91 Å². The van der Waals surface area contributed by atoms with Gasteiger partial charge in [0.15, 0.2) is 11.7 Å². The van der Waals surface area contributed by atoms with Crippen molar-refractivity contribution >= 4 is 63.7 Å². The zero-order valence-corrected chi connectivity index (χ0v) is 18.1. The summed E-state index contributed by atoms with van der Waals surface area (Å²) in [6, 6.07) is 16.7. The second kappa shape index (κ2) is 10.7. The van der Waals surface area contributed by atoms with Gasteiger partial charge in [-0.15, -0.1) is 0 Å². The molecule has 28 heavy (non-hydrogen) atoms. The number of para-hydroxylation sites is 1. The van der Waals surface area contributed by atoms with Crippen molar-refractivity contribution in [3.8, 4) is 5.75 Å². The minimum atomic E-state index is -1.83. The molecule has 1 amide bonds. The quantitative estimate of drug-likeness (QED) is 0.324. The van der Waals surface area contributed by atoms with Crippen LogP contribution in [0.4, 0.5) is 5.69 Å². The van der Waals surface area contributed by atoms with Crippen molar-refractivity contribution in [2.24, 2.45) is 0 Å². The fourth-order valence-electron chi connectivity index (χ4n) is 2.19. The van der Waals surface area contributed by atoms with Crippen LogP contribution in [0.3, 0.4) is 0 Å². The molecule has 3 N–H and O–H groups in total. The monoisotopic (exact) mass is 459 g/mol. The lowest BCUT2D eigenvalue weighted by Gasteiger charge is -2.27. The topological polar surface area (TPSA) is 62.4 Å². The molecule has 2 aromatic carbocycles. The van der Waals surface area contributed by atoms with Gasteiger partial charge in [0.2, 0.25) is 3.79 Å². The minimum Gasteiger partial charge on any atom is -0.484 e. The second-order valence-electron chi connectivity index (χ2n) is 5.79. The lowest BCUT2D eigenvalue weighted by Crippen LogP contribution is -2.56. The van der Waals surface area contributed by atoms with E-state index in [4.69, 9.17) is 51.8 Å². The van der Waals surface area contributed by atoms with Crippen LogP contribution in [0.1, 0.15) is 12.5 Å². The fraction of sp³-hybridized carbons (Fsp3) is 0.263. The molecule has 0 heterocycles. The van der Waals surface area contributed by atoms with Crippen molar-refractivity contribution < 1.29 is 9.53 Å². The number of carbonyl (C=O) groups excluding carboxylic acids is 1. The molecule has 0 bridgehead atoms. The molecule has 150 valence electrons. The van der Waals surface area contributed by atoms with E-state index in [0.717, 1.165) is 12.1 Å². The smallest absolute Gasteiger partial charge is 0.259 e. The van der Waals surface area contributed by atoms with Crippen molar-refractivity contribution in [1.29, 1.82) is 0 Å². The summed E-state index contributed by atoms with van der Waals surface area (Å²) < 4.78 is 3.63. The second-order valence-corrected chi connectivity index (χ2v) is 8.57. The van der Waals surface area contributed by atoms with E-state index in [1.54, 1.807) is 12.1 Å². The number of nitrogens with one attached hydrogen (secondary N) is 3. The molecule has 0 aliphatic rings. The van der Waals surface area contributed by atoms with Crippen LogP contribution in [0.5, 0.6) is 5.75 Å². The average molecular weight is 461 g/mol. The summed E-state index contributed by atoms with van der Waals surface area (Å²) in [6.45, 7) is 1.83. The van der Waals surface area contributed by atoms with Gasteiger partial charge in [0, 0.05) is 5.69 Å². The molecule has 0 saturated carbocycles. The molecule has 0 aromatic heterocycles. The van der Waals surface area contributed by atoms with E-state index in [2.05, 4.69) is 22.9 Å². The highest BCUT2D eigenvalue weighted by atomic mass is 35.6. The average Bonchev–Trinajstić information content (AvgIpc) is 2.66. The number of ether oxygens (including phenoxy) is 1. The normalized spacial score (nSPS) is 12.0. The highest BCUT2D eigenvalue weighted by molar-refractivity contribution is 7.80. The summed E-state index contributed by atoms with van der Waals surface area (Å²) in [5, 5.41) is 8.50. The molecule has 5 nitrogen and oxygen atoms in total.